The normalized spacial score (nSPS) is 15.2. The van der Waals surface area contributed by atoms with Crippen LogP contribution in [0.1, 0.15) is 15.9 Å². The topological polar surface area (TPSA) is 133 Å². The van der Waals surface area contributed by atoms with Gasteiger partial charge in [0.1, 0.15) is 11.6 Å². The number of urea groups is 1. The molecule has 1 fully saturated rings. The Balaban J connectivity index is 1.55. The van der Waals surface area contributed by atoms with Crippen molar-refractivity contribution in [3.8, 4) is 5.88 Å². The number of benzene rings is 1. The van der Waals surface area contributed by atoms with Crippen LogP contribution in [0, 0.1) is 0 Å². The SMILES string of the molecule is O=C(NCC(O)CN1CCOCC1)Nc1snc(OCc2cccc(Cl)c2Cl)c1C(=O)O. The Hall–Kier alpha value is -2.15. The number of carboxylic acids is 1. The summed E-state index contributed by atoms with van der Waals surface area (Å²) in [4.78, 5) is 26.0. The number of nitrogens with zero attached hydrogens (tertiary/aromatic N) is 2. The minimum atomic E-state index is -1.31. The molecule has 0 bridgehead atoms. The van der Waals surface area contributed by atoms with E-state index >= 15 is 0 Å². The summed E-state index contributed by atoms with van der Waals surface area (Å²) in [6.07, 6.45) is -0.777. The molecule has 0 radical (unpaired) electrons. The molecule has 0 spiro atoms. The van der Waals surface area contributed by atoms with Crippen molar-refractivity contribution in [2.75, 3.05) is 44.7 Å². The largest absolute Gasteiger partial charge is 0.477 e. The van der Waals surface area contributed by atoms with Crippen molar-refractivity contribution >= 4 is 51.7 Å². The first kappa shape index (κ1) is 24.5. The maximum atomic E-state index is 12.2. The van der Waals surface area contributed by atoms with Crippen molar-refractivity contribution in [1.82, 2.24) is 14.6 Å². The van der Waals surface area contributed by atoms with E-state index in [1.165, 1.54) is 0 Å². The molecule has 10 nitrogen and oxygen atoms in total. The number of carbonyl (C=O) groups excluding carboxylic acids is 1. The van der Waals surface area contributed by atoms with E-state index in [0.29, 0.717) is 35.4 Å². The van der Waals surface area contributed by atoms with E-state index in [1.54, 1.807) is 18.2 Å². The molecule has 4 N–H and O–H groups in total. The number of ether oxygens (including phenoxy) is 2. The highest BCUT2D eigenvalue weighted by Gasteiger charge is 2.24. The third kappa shape index (κ3) is 6.67. The Morgan fingerprint density at radius 1 is 1.31 bits per heavy atom. The third-order valence-corrected chi connectivity index (χ3v) is 6.17. The standard InChI is InChI=1S/C19H22Cl2N4O6S/c20-13-3-1-2-11(15(13)21)10-31-16-14(18(27)28)17(32-24-16)23-19(29)22-8-12(26)9-25-4-6-30-7-5-25/h1-3,12,26H,4-10H2,(H,27,28)(H2,22,23,29). The summed E-state index contributed by atoms with van der Waals surface area (Å²) in [6.45, 7) is 3.00. The van der Waals surface area contributed by atoms with Crippen LogP contribution in [0.5, 0.6) is 5.88 Å². The molecule has 2 heterocycles. The van der Waals surface area contributed by atoms with E-state index in [9.17, 15) is 19.8 Å². The van der Waals surface area contributed by atoms with Crippen molar-refractivity contribution in [3.05, 3.63) is 39.4 Å². The summed E-state index contributed by atoms with van der Waals surface area (Å²) in [7, 11) is 0. The Bertz CT molecular complexity index is 954. The van der Waals surface area contributed by atoms with Gasteiger partial charge in [0, 0.05) is 31.7 Å². The fraction of sp³-hybridized carbons (Fsp3) is 0.421. The van der Waals surface area contributed by atoms with Crippen LogP contribution >= 0.6 is 34.7 Å². The number of aromatic carboxylic acids is 1. The van der Waals surface area contributed by atoms with Crippen LogP contribution in [0.2, 0.25) is 10.0 Å². The van der Waals surface area contributed by atoms with E-state index in [0.717, 1.165) is 24.6 Å². The van der Waals surface area contributed by atoms with Crippen LogP contribution in [0.4, 0.5) is 9.80 Å². The number of β-amino-alcohol motifs (C(OH)–C–C–N with tert-alkyl or cyclic N) is 1. The zero-order valence-corrected chi connectivity index (χ0v) is 19.2. The molecule has 13 heteroatoms. The van der Waals surface area contributed by atoms with Gasteiger partial charge in [-0.25, -0.2) is 9.59 Å². The van der Waals surface area contributed by atoms with Crippen LogP contribution in [0.3, 0.4) is 0 Å². The Kier molecular flexibility index (Phi) is 8.91. The zero-order valence-electron chi connectivity index (χ0n) is 16.8. The number of morpholine rings is 1. The van der Waals surface area contributed by atoms with Gasteiger partial charge in [0.15, 0.2) is 5.56 Å². The molecule has 3 rings (SSSR count). The second-order valence-corrected chi connectivity index (χ2v) is 8.46. The maximum Gasteiger partial charge on any atom is 0.344 e. The van der Waals surface area contributed by atoms with Gasteiger partial charge in [0.2, 0.25) is 5.88 Å². The lowest BCUT2D eigenvalue weighted by Gasteiger charge is -2.28. The number of aliphatic hydroxyl groups is 1. The van der Waals surface area contributed by atoms with Gasteiger partial charge in [-0.15, -0.1) is 0 Å². The lowest BCUT2D eigenvalue weighted by molar-refractivity contribution is 0.0154. The monoisotopic (exact) mass is 504 g/mol. The first-order chi connectivity index (χ1) is 15.3. The van der Waals surface area contributed by atoms with Crippen LogP contribution in [0.25, 0.3) is 0 Å². The number of aromatic nitrogens is 1. The molecule has 0 saturated carbocycles. The first-order valence-corrected chi connectivity index (χ1v) is 11.2. The third-order valence-electron chi connectivity index (χ3n) is 4.57. The molecule has 1 atom stereocenters. The molecule has 0 aliphatic carbocycles. The highest BCUT2D eigenvalue weighted by Crippen LogP contribution is 2.32. The summed E-state index contributed by atoms with van der Waals surface area (Å²) in [5, 5.41) is 25.3. The molecule has 2 aromatic rings. The maximum absolute atomic E-state index is 12.2. The van der Waals surface area contributed by atoms with Gasteiger partial charge in [-0.3, -0.25) is 10.2 Å². The number of carbonyl (C=O) groups is 2. The van der Waals surface area contributed by atoms with Gasteiger partial charge in [0.05, 0.1) is 29.4 Å². The molecular weight excluding hydrogens is 483 g/mol. The number of amides is 2. The molecule has 1 saturated heterocycles. The second-order valence-electron chi connectivity index (χ2n) is 6.90. The van der Waals surface area contributed by atoms with E-state index < -0.39 is 18.1 Å². The minimum Gasteiger partial charge on any atom is -0.477 e. The number of aliphatic hydroxyl groups excluding tert-OH is 1. The number of hydrogen-bond donors (Lipinski definition) is 4. The predicted octanol–water partition coefficient (Wildman–Crippen LogP) is 2.54. The summed E-state index contributed by atoms with van der Waals surface area (Å²) in [5.74, 6) is -1.46. The van der Waals surface area contributed by atoms with Gasteiger partial charge in [-0.2, -0.15) is 4.37 Å². The molecular formula is C19H22Cl2N4O6S. The summed E-state index contributed by atoms with van der Waals surface area (Å²) >= 11 is 12.9. The van der Waals surface area contributed by atoms with Crippen LogP contribution < -0.4 is 15.4 Å². The lowest BCUT2D eigenvalue weighted by atomic mass is 10.2. The van der Waals surface area contributed by atoms with E-state index in [4.69, 9.17) is 32.7 Å². The highest BCUT2D eigenvalue weighted by molar-refractivity contribution is 7.11. The molecule has 1 unspecified atom stereocenters. The number of anilines is 1. The van der Waals surface area contributed by atoms with Crippen molar-refractivity contribution < 1.29 is 29.3 Å². The molecule has 1 aromatic heterocycles. The fourth-order valence-electron chi connectivity index (χ4n) is 2.96. The number of nitrogens with one attached hydrogen (secondary N) is 2. The lowest BCUT2D eigenvalue weighted by Crippen LogP contribution is -2.45. The van der Waals surface area contributed by atoms with Crippen molar-refractivity contribution in [1.29, 1.82) is 0 Å². The highest BCUT2D eigenvalue weighted by atomic mass is 35.5. The van der Waals surface area contributed by atoms with Crippen LogP contribution in [0.15, 0.2) is 18.2 Å². The number of carboxylic acid groups (broad SMARTS) is 1. The van der Waals surface area contributed by atoms with Gasteiger partial charge < -0.3 is 25.0 Å². The molecule has 1 aliphatic rings. The predicted molar refractivity (Wildman–Crippen MR) is 120 cm³/mol. The van der Waals surface area contributed by atoms with Crippen molar-refractivity contribution in [3.63, 3.8) is 0 Å². The average molecular weight is 505 g/mol. The Labute approximate surface area is 198 Å². The van der Waals surface area contributed by atoms with Gasteiger partial charge >= 0.3 is 12.0 Å². The minimum absolute atomic E-state index is 0.00101. The summed E-state index contributed by atoms with van der Waals surface area (Å²) in [5.41, 5.74) is 0.280. The summed E-state index contributed by atoms with van der Waals surface area (Å²) < 4.78 is 14.7. The summed E-state index contributed by atoms with van der Waals surface area (Å²) in [6, 6.07) is 4.34. The molecule has 1 aliphatic heterocycles. The number of rotatable bonds is 9. The van der Waals surface area contributed by atoms with E-state index in [1.807, 2.05) is 4.90 Å². The van der Waals surface area contributed by atoms with Crippen LogP contribution in [-0.2, 0) is 11.3 Å². The zero-order chi connectivity index (χ0) is 23.1. The molecule has 32 heavy (non-hydrogen) atoms. The Morgan fingerprint density at radius 3 is 2.78 bits per heavy atom. The molecule has 174 valence electrons. The Morgan fingerprint density at radius 2 is 2.06 bits per heavy atom. The van der Waals surface area contributed by atoms with Crippen LogP contribution in [-0.4, -0.2) is 77.0 Å². The van der Waals surface area contributed by atoms with Gasteiger partial charge in [0.25, 0.3) is 0 Å². The van der Waals surface area contributed by atoms with Crippen molar-refractivity contribution in [2.24, 2.45) is 0 Å². The average Bonchev–Trinajstić information content (AvgIpc) is 3.16. The van der Waals surface area contributed by atoms with E-state index in [-0.39, 0.29) is 29.6 Å². The van der Waals surface area contributed by atoms with Gasteiger partial charge in [-0.1, -0.05) is 35.3 Å². The van der Waals surface area contributed by atoms with E-state index in [2.05, 4.69) is 15.0 Å². The second kappa shape index (κ2) is 11.6. The smallest absolute Gasteiger partial charge is 0.344 e. The quantitative estimate of drug-likeness (QED) is 0.409. The molecule has 1 aromatic carbocycles. The number of hydrogen-bond acceptors (Lipinski definition) is 8. The first-order valence-electron chi connectivity index (χ1n) is 9.66. The van der Waals surface area contributed by atoms with Crippen molar-refractivity contribution in [2.45, 2.75) is 12.7 Å². The molecule has 2 amide bonds. The fourth-order valence-corrected chi connectivity index (χ4v) is 4.06. The van der Waals surface area contributed by atoms with Gasteiger partial charge in [-0.05, 0) is 17.6 Å². The number of halogens is 2.